The van der Waals surface area contributed by atoms with Crippen molar-refractivity contribution in [2.75, 3.05) is 19.0 Å². The minimum absolute atomic E-state index is 0.0929. The molecule has 0 aliphatic heterocycles. The molecule has 16 heavy (non-hydrogen) atoms. The smallest absolute Gasteiger partial charge is 0.209 e. The highest BCUT2D eigenvalue weighted by Gasteiger charge is 2.14. The average molecular weight is 249 g/mol. The van der Waals surface area contributed by atoms with Crippen LogP contribution in [-0.2, 0) is 14.8 Å². The summed E-state index contributed by atoms with van der Waals surface area (Å²) in [6.07, 6.45) is 7.77. The van der Waals surface area contributed by atoms with Gasteiger partial charge >= 0.3 is 0 Å². The van der Waals surface area contributed by atoms with E-state index in [2.05, 4.69) is 0 Å². The Balaban J connectivity index is 1.84. The van der Waals surface area contributed by atoms with E-state index >= 15 is 0 Å². The summed E-state index contributed by atoms with van der Waals surface area (Å²) in [6.45, 7) is 1.64. The van der Waals surface area contributed by atoms with Crippen molar-refractivity contribution in [1.82, 2.24) is 0 Å². The lowest BCUT2D eigenvalue weighted by Gasteiger charge is -2.09. The van der Waals surface area contributed by atoms with E-state index in [1.54, 1.807) is 0 Å². The number of hydrogen-bond donors (Lipinski definition) is 1. The van der Waals surface area contributed by atoms with Gasteiger partial charge in [-0.25, -0.2) is 13.6 Å². The van der Waals surface area contributed by atoms with Crippen LogP contribution in [0.4, 0.5) is 0 Å². The van der Waals surface area contributed by atoms with Gasteiger partial charge in [0.25, 0.3) is 0 Å². The van der Waals surface area contributed by atoms with Crippen LogP contribution < -0.4 is 5.14 Å². The molecule has 1 aliphatic carbocycles. The third-order valence-corrected chi connectivity index (χ3v) is 3.90. The summed E-state index contributed by atoms with van der Waals surface area (Å²) in [6, 6.07) is 0. The van der Waals surface area contributed by atoms with Crippen molar-refractivity contribution in [1.29, 1.82) is 0 Å². The van der Waals surface area contributed by atoms with Gasteiger partial charge in [-0.05, 0) is 31.6 Å². The monoisotopic (exact) mass is 249 g/mol. The zero-order chi connectivity index (χ0) is 11.9. The molecule has 1 saturated carbocycles. The van der Waals surface area contributed by atoms with Gasteiger partial charge in [0.1, 0.15) is 0 Å². The molecule has 0 aromatic carbocycles. The van der Waals surface area contributed by atoms with Crippen molar-refractivity contribution in [2.45, 2.75) is 44.9 Å². The molecule has 0 aromatic heterocycles. The van der Waals surface area contributed by atoms with E-state index < -0.39 is 10.0 Å². The second-order valence-corrected chi connectivity index (χ2v) is 6.39. The summed E-state index contributed by atoms with van der Waals surface area (Å²) in [4.78, 5) is 0. The summed E-state index contributed by atoms with van der Waals surface area (Å²) < 4.78 is 26.9. The molecule has 4 nitrogen and oxygen atoms in total. The van der Waals surface area contributed by atoms with Gasteiger partial charge in [-0.2, -0.15) is 0 Å². The van der Waals surface area contributed by atoms with E-state index in [0.717, 1.165) is 32.0 Å². The van der Waals surface area contributed by atoms with E-state index in [4.69, 9.17) is 9.88 Å². The number of rotatable bonds is 8. The maximum atomic E-state index is 10.6. The van der Waals surface area contributed by atoms with Crippen molar-refractivity contribution in [3.05, 3.63) is 0 Å². The fourth-order valence-corrected chi connectivity index (χ4v) is 2.72. The van der Waals surface area contributed by atoms with Crippen molar-refractivity contribution >= 4 is 10.0 Å². The van der Waals surface area contributed by atoms with E-state index in [9.17, 15) is 8.42 Å². The maximum absolute atomic E-state index is 10.6. The second-order valence-electron chi connectivity index (χ2n) is 4.65. The van der Waals surface area contributed by atoms with Crippen molar-refractivity contribution in [2.24, 2.45) is 11.1 Å². The Morgan fingerprint density at radius 3 is 2.44 bits per heavy atom. The first kappa shape index (κ1) is 13.9. The van der Waals surface area contributed by atoms with Gasteiger partial charge in [0.2, 0.25) is 10.0 Å². The van der Waals surface area contributed by atoms with E-state index in [0.29, 0.717) is 6.42 Å². The molecule has 2 N–H and O–H groups in total. The lowest BCUT2D eigenvalue weighted by molar-refractivity contribution is 0.0982. The Kier molecular flexibility index (Phi) is 6.31. The van der Waals surface area contributed by atoms with Crippen LogP contribution in [0.25, 0.3) is 0 Å². The van der Waals surface area contributed by atoms with Gasteiger partial charge < -0.3 is 4.74 Å². The Hall–Kier alpha value is -0.130. The Bertz CT molecular complexity index is 271. The van der Waals surface area contributed by atoms with Crippen LogP contribution in [0.2, 0.25) is 0 Å². The van der Waals surface area contributed by atoms with E-state index in [-0.39, 0.29) is 5.75 Å². The number of nitrogens with two attached hydrogens (primary N) is 1. The van der Waals surface area contributed by atoms with Crippen LogP contribution in [0.5, 0.6) is 0 Å². The van der Waals surface area contributed by atoms with Gasteiger partial charge in [0, 0.05) is 13.2 Å². The van der Waals surface area contributed by atoms with E-state index in [1.807, 2.05) is 0 Å². The lowest BCUT2D eigenvalue weighted by Crippen LogP contribution is -2.16. The largest absolute Gasteiger partial charge is 0.381 e. The third kappa shape index (κ3) is 7.19. The fraction of sp³-hybridized carbons (Fsp3) is 1.00. The molecule has 0 atom stereocenters. The number of hydrogen-bond acceptors (Lipinski definition) is 3. The highest BCUT2D eigenvalue weighted by molar-refractivity contribution is 7.89. The predicted molar refractivity (Wildman–Crippen MR) is 64.6 cm³/mol. The van der Waals surface area contributed by atoms with Crippen LogP contribution in [0.15, 0.2) is 0 Å². The second kappa shape index (κ2) is 7.25. The molecule has 0 amide bonds. The normalized spacial score (nSPS) is 18.1. The Morgan fingerprint density at radius 2 is 1.81 bits per heavy atom. The van der Waals surface area contributed by atoms with Gasteiger partial charge in [-0.15, -0.1) is 0 Å². The standard InChI is InChI=1S/C11H23NO3S/c12-16(13,14)9-5-1-4-8-15-10-11-6-2-3-7-11/h11H,1-10H2,(H2,12,13,14). The molecular weight excluding hydrogens is 226 g/mol. The molecular formula is C11H23NO3S. The van der Waals surface area contributed by atoms with Crippen molar-refractivity contribution in [3.8, 4) is 0 Å². The number of sulfonamides is 1. The van der Waals surface area contributed by atoms with E-state index in [1.165, 1.54) is 25.7 Å². The molecule has 5 heteroatoms. The highest BCUT2D eigenvalue weighted by Crippen LogP contribution is 2.24. The maximum Gasteiger partial charge on any atom is 0.209 e. The molecule has 1 fully saturated rings. The molecule has 1 rings (SSSR count). The molecule has 0 unspecified atom stereocenters. The molecule has 0 heterocycles. The number of primary sulfonamides is 1. The molecule has 1 aliphatic rings. The van der Waals surface area contributed by atoms with Gasteiger partial charge in [0.15, 0.2) is 0 Å². The first-order valence-corrected chi connectivity index (χ1v) is 7.88. The van der Waals surface area contributed by atoms with Crippen LogP contribution in [0.1, 0.15) is 44.9 Å². The minimum Gasteiger partial charge on any atom is -0.381 e. The molecule has 0 bridgehead atoms. The van der Waals surface area contributed by atoms with Crippen molar-refractivity contribution in [3.63, 3.8) is 0 Å². The highest BCUT2D eigenvalue weighted by atomic mass is 32.2. The van der Waals surface area contributed by atoms with Crippen LogP contribution in [0, 0.1) is 5.92 Å². The van der Waals surface area contributed by atoms with Gasteiger partial charge in [0.05, 0.1) is 5.75 Å². The summed E-state index contributed by atoms with van der Waals surface area (Å²) >= 11 is 0. The summed E-state index contributed by atoms with van der Waals surface area (Å²) in [7, 11) is -3.27. The zero-order valence-electron chi connectivity index (χ0n) is 9.86. The van der Waals surface area contributed by atoms with Gasteiger partial charge in [-0.3, -0.25) is 0 Å². The molecule has 96 valence electrons. The van der Waals surface area contributed by atoms with Crippen LogP contribution in [-0.4, -0.2) is 27.4 Å². The molecule has 0 radical (unpaired) electrons. The Labute approximate surface area is 98.6 Å². The number of ether oxygens (including phenoxy) is 1. The fourth-order valence-electron chi connectivity index (χ4n) is 2.11. The quantitative estimate of drug-likeness (QED) is 0.665. The van der Waals surface area contributed by atoms with Crippen molar-refractivity contribution < 1.29 is 13.2 Å². The SMILES string of the molecule is NS(=O)(=O)CCCCCOCC1CCCC1. The summed E-state index contributed by atoms with van der Waals surface area (Å²) in [5.41, 5.74) is 0. The Morgan fingerprint density at radius 1 is 1.12 bits per heavy atom. The molecule has 0 aromatic rings. The first-order valence-electron chi connectivity index (χ1n) is 6.16. The predicted octanol–water partition coefficient (Wildman–Crippen LogP) is 1.65. The summed E-state index contributed by atoms with van der Waals surface area (Å²) in [5, 5.41) is 4.90. The van der Waals surface area contributed by atoms with Crippen LogP contribution in [0.3, 0.4) is 0 Å². The van der Waals surface area contributed by atoms with Crippen LogP contribution >= 0.6 is 0 Å². The topological polar surface area (TPSA) is 69.4 Å². The molecule has 0 saturated heterocycles. The minimum atomic E-state index is -3.27. The van der Waals surface area contributed by atoms with Gasteiger partial charge in [-0.1, -0.05) is 19.3 Å². The summed E-state index contributed by atoms with van der Waals surface area (Å²) in [5.74, 6) is 0.861. The lowest BCUT2D eigenvalue weighted by atomic mass is 10.1. The average Bonchev–Trinajstić information content (AvgIpc) is 2.67. The third-order valence-electron chi connectivity index (χ3n) is 3.05. The number of unbranched alkanes of at least 4 members (excludes halogenated alkanes) is 2. The first-order chi connectivity index (χ1) is 7.58. The zero-order valence-corrected chi connectivity index (χ0v) is 10.7. The molecule has 0 spiro atoms.